The highest BCUT2D eigenvalue weighted by Crippen LogP contribution is 2.30. The van der Waals surface area contributed by atoms with E-state index in [0.29, 0.717) is 0 Å². The first kappa shape index (κ1) is 12.0. The molecule has 0 bridgehead atoms. The number of hydrazine groups is 1. The molecule has 2 aromatic heterocycles. The first-order valence-corrected chi connectivity index (χ1v) is 6.34. The minimum atomic E-state index is -0.193. The van der Waals surface area contributed by atoms with Gasteiger partial charge in [-0.2, -0.15) is 0 Å². The molecule has 98 valence electrons. The third kappa shape index (κ3) is 2.05. The van der Waals surface area contributed by atoms with Crippen molar-refractivity contribution in [3.8, 4) is 0 Å². The summed E-state index contributed by atoms with van der Waals surface area (Å²) in [5.41, 5.74) is 4.68. The number of rotatable bonds is 4. The van der Waals surface area contributed by atoms with Gasteiger partial charge in [-0.15, -0.1) is 0 Å². The SMILES string of the molecule is CCc1occc1C(NN)c1cc2ccccc2o1. The third-order valence-corrected chi connectivity index (χ3v) is 3.31. The molecule has 4 heteroatoms. The monoisotopic (exact) mass is 256 g/mol. The summed E-state index contributed by atoms with van der Waals surface area (Å²) in [6, 6.07) is 11.6. The Hall–Kier alpha value is -2.04. The first-order valence-electron chi connectivity index (χ1n) is 6.34. The van der Waals surface area contributed by atoms with Crippen LogP contribution >= 0.6 is 0 Å². The van der Waals surface area contributed by atoms with Crippen molar-refractivity contribution in [3.05, 3.63) is 59.7 Å². The van der Waals surface area contributed by atoms with Gasteiger partial charge in [-0.3, -0.25) is 5.84 Å². The zero-order valence-corrected chi connectivity index (χ0v) is 10.7. The van der Waals surface area contributed by atoms with E-state index in [1.807, 2.05) is 36.4 Å². The highest BCUT2D eigenvalue weighted by atomic mass is 16.3. The Labute approximate surface area is 111 Å². The molecule has 3 rings (SSSR count). The molecular formula is C15H16N2O2. The van der Waals surface area contributed by atoms with Gasteiger partial charge in [0.1, 0.15) is 23.1 Å². The Bertz CT molecular complexity index is 651. The normalized spacial score (nSPS) is 12.9. The molecule has 0 aliphatic rings. The van der Waals surface area contributed by atoms with E-state index in [1.165, 1.54) is 0 Å². The zero-order chi connectivity index (χ0) is 13.2. The van der Waals surface area contributed by atoms with Gasteiger partial charge < -0.3 is 8.83 Å². The maximum absolute atomic E-state index is 5.86. The zero-order valence-electron chi connectivity index (χ0n) is 10.7. The molecule has 0 saturated carbocycles. The van der Waals surface area contributed by atoms with Gasteiger partial charge in [0.05, 0.1) is 6.26 Å². The van der Waals surface area contributed by atoms with E-state index >= 15 is 0 Å². The number of hydrogen-bond donors (Lipinski definition) is 2. The van der Waals surface area contributed by atoms with Crippen molar-refractivity contribution in [2.24, 2.45) is 5.84 Å². The number of aryl methyl sites for hydroxylation is 1. The van der Waals surface area contributed by atoms with Crippen LogP contribution in [0.1, 0.15) is 30.0 Å². The van der Waals surface area contributed by atoms with Crippen LogP contribution in [0.25, 0.3) is 11.0 Å². The van der Waals surface area contributed by atoms with E-state index in [1.54, 1.807) is 6.26 Å². The lowest BCUT2D eigenvalue weighted by molar-refractivity contribution is 0.460. The quantitative estimate of drug-likeness (QED) is 0.556. The maximum Gasteiger partial charge on any atom is 0.134 e. The summed E-state index contributed by atoms with van der Waals surface area (Å²) in [6.07, 6.45) is 2.50. The molecule has 1 atom stereocenters. The van der Waals surface area contributed by atoms with Crippen molar-refractivity contribution in [1.29, 1.82) is 0 Å². The van der Waals surface area contributed by atoms with Gasteiger partial charge in [0, 0.05) is 17.4 Å². The van der Waals surface area contributed by atoms with Crippen LogP contribution in [0, 0.1) is 0 Å². The van der Waals surface area contributed by atoms with Gasteiger partial charge in [-0.25, -0.2) is 5.43 Å². The van der Waals surface area contributed by atoms with Gasteiger partial charge in [0.2, 0.25) is 0 Å². The molecule has 0 aliphatic carbocycles. The highest BCUT2D eigenvalue weighted by molar-refractivity contribution is 5.78. The first-order chi connectivity index (χ1) is 9.33. The van der Waals surface area contributed by atoms with Crippen LogP contribution < -0.4 is 11.3 Å². The van der Waals surface area contributed by atoms with E-state index in [0.717, 1.165) is 34.5 Å². The molecule has 0 spiro atoms. The van der Waals surface area contributed by atoms with E-state index in [9.17, 15) is 0 Å². The molecule has 2 heterocycles. The van der Waals surface area contributed by atoms with Crippen LogP contribution in [-0.4, -0.2) is 0 Å². The molecule has 0 aliphatic heterocycles. The molecule has 0 fully saturated rings. The van der Waals surface area contributed by atoms with E-state index in [2.05, 4.69) is 12.3 Å². The molecule has 0 radical (unpaired) electrons. The average molecular weight is 256 g/mol. The second-order valence-corrected chi connectivity index (χ2v) is 4.44. The van der Waals surface area contributed by atoms with Crippen LogP contribution in [0.3, 0.4) is 0 Å². The molecular weight excluding hydrogens is 240 g/mol. The fourth-order valence-electron chi connectivity index (χ4n) is 2.36. The van der Waals surface area contributed by atoms with Crippen molar-refractivity contribution in [1.82, 2.24) is 5.43 Å². The van der Waals surface area contributed by atoms with E-state index < -0.39 is 0 Å². The lowest BCUT2D eigenvalue weighted by atomic mass is 10.0. The van der Waals surface area contributed by atoms with Crippen molar-refractivity contribution in [2.75, 3.05) is 0 Å². The topological polar surface area (TPSA) is 64.3 Å². The summed E-state index contributed by atoms with van der Waals surface area (Å²) >= 11 is 0. The summed E-state index contributed by atoms with van der Waals surface area (Å²) < 4.78 is 11.3. The number of nitrogens with one attached hydrogen (secondary N) is 1. The van der Waals surface area contributed by atoms with Crippen LogP contribution in [0.2, 0.25) is 0 Å². The lowest BCUT2D eigenvalue weighted by Gasteiger charge is -2.12. The molecule has 4 nitrogen and oxygen atoms in total. The number of furan rings is 2. The highest BCUT2D eigenvalue weighted by Gasteiger charge is 2.21. The molecule has 19 heavy (non-hydrogen) atoms. The van der Waals surface area contributed by atoms with E-state index in [-0.39, 0.29) is 6.04 Å². The summed E-state index contributed by atoms with van der Waals surface area (Å²) in [5, 5.41) is 1.07. The van der Waals surface area contributed by atoms with Gasteiger partial charge in [0.15, 0.2) is 0 Å². The minimum Gasteiger partial charge on any atom is -0.469 e. The van der Waals surface area contributed by atoms with Crippen LogP contribution in [0.4, 0.5) is 0 Å². The number of fused-ring (bicyclic) bond motifs is 1. The van der Waals surface area contributed by atoms with Crippen LogP contribution in [0.5, 0.6) is 0 Å². The predicted octanol–water partition coefficient (Wildman–Crippen LogP) is 3.14. The van der Waals surface area contributed by atoms with Crippen molar-refractivity contribution < 1.29 is 8.83 Å². The average Bonchev–Trinajstić information content (AvgIpc) is 3.05. The third-order valence-electron chi connectivity index (χ3n) is 3.31. The van der Waals surface area contributed by atoms with Gasteiger partial charge in [-0.1, -0.05) is 25.1 Å². The van der Waals surface area contributed by atoms with Crippen LogP contribution in [-0.2, 0) is 6.42 Å². The summed E-state index contributed by atoms with van der Waals surface area (Å²) in [4.78, 5) is 0. The Balaban J connectivity index is 2.06. The maximum atomic E-state index is 5.86. The van der Waals surface area contributed by atoms with E-state index in [4.69, 9.17) is 14.7 Å². The Morgan fingerprint density at radius 2 is 2.11 bits per heavy atom. The lowest BCUT2D eigenvalue weighted by Crippen LogP contribution is -2.28. The van der Waals surface area contributed by atoms with Gasteiger partial charge in [-0.05, 0) is 18.2 Å². The van der Waals surface area contributed by atoms with Crippen LogP contribution in [0.15, 0.2) is 51.5 Å². The molecule has 3 aromatic rings. The summed E-state index contributed by atoms with van der Waals surface area (Å²) in [6.45, 7) is 2.05. The molecule has 1 aromatic carbocycles. The second kappa shape index (κ2) is 4.91. The molecule has 3 N–H and O–H groups in total. The Morgan fingerprint density at radius 1 is 1.26 bits per heavy atom. The standard InChI is InChI=1S/C15H16N2O2/c1-2-12-11(7-8-18-12)15(17-16)14-9-10-5-3-4-6-13(10)19-14/h3-9,15,17H,2,16H2,1H3. The summed E-state index contributed by atoms with van der Waals surface area (Å²) in [5.74, 6) is 7.40. The minimum absolute atomic E-state index is 0.193. The molecule has 0 saturated heterocycles. The smallest absolute Gasteiger partial charge is 0.134 e. The van der Waals surface area contributed by atoms with Gasteiger partial charge >= 0.3 is 0 Å². The second-order valence-electron chi connectivity index (χ2n) is 4.44. The molecule has 0 amide bonds. The predicted molar refractivity (Wildman–Crippen MR) is 73.5 cm³/mol. The largest absolute Gasteiger partial charge is 0.469 e. The fourth-order valence-corrected chi connectivity index (χ4v) is 2.36. The number of benzene rings is 1. The Kier molecular flexibility index (Phi) is 3.11. The number of hydrogen-bond acceptors (Lipinski definition) is 4. The Morgan fingerprint density at radius 3 is 2.84 bits per heavy atom. The van der Waals surface area contributed by atoms with Crippen molar-refractivity contribution in [3.63, 3.8) is 0 Å². The van der Waals surface area contributed by atoms with Crippen molar-refractivity contribution in [2.45, 2.75) is 19.4 Å². The summed E-state index contributed by atoms with van der Waals surface area (Å²) in [7, 11) is 0. The fraction of sp³-hybridized carbons (Fsp3) is 0.200. The number of nitrogens with two attached hydrogens (primary N) is 1. The van der Waals surface area contributed by atoms with Crippen molar-refractivity contribution >= 4 is 11.0 Å². The molecule has 1 unspecified atom stereocenters. The van der Waals surface area contributed by atoms with Gasteiger partial charge in [0.25, 0.3) is 0 Å². The number of para-hydroxylation sites is 1.